The number of hydrogen-bond acceptors (Lipinski definition) is 5. The molecule has 2 rings (SSSR count). The van der Waals surface area contributed by atoms with Gasteiger partial charge >= 0.3 is 0 Å². The Morgan fingerprint density at radius 1 is 1.58 bits per heavy atom. The molecule has 1 unspecified atom stereocenters. The number of fused-ring (bicyclic) bond motifs is 1. The molecule has 1 amide bonds. The Morgan fingerprint density at radius 2 is 2.37 bits per heavy atom. The summed E-state index contributed by atoms with van der Waals surface area (Å²) < 4.78 is 10.8. The molecule has 0 saturated heterocycles. The first kappa shape index (κ1) is 13.6. The van der Waals surface area contributed by atoms with Gasteiger partial charge in [-0.05, 0) is 18.6 Å². The zero-order chi connectivity index (χ0) is 13.7. The minimum Gasteiger partial charge on any atom is -0.491 e. The molecule has 0 fully saturated rings. The van der Waals surface area contributed by atoms with Gasteiger partial charge in [0.25, 0.3) is 5.91 Å². The molecule has 0 aliphatic carbocycles. The number of methoxy groups -OCH3 is 1. The van der Waals surface area contributed by atoms with Gasteiger partial charge in [-0.2, -0.15) is 0 Å². The van der Waals surface area contributed by atoms with E-state index >= 15 is 0 Å². The summed E-state index contributed by atoms with van der Waals surface area (Å²) in [5.74, 6) is 5.77. The van der Waals surface area contributed by atoms with E-state index in [-0.39, 0.29) is 12.5 Å². The Labute approximate surface area is 112 Å². The summed E-state index contributed by atoms with van der Waals surface area (Å²) in [4.78, 5) is 13.9. The molecule has 19 heavy (non-hydrogen) atoms. The number of anilines is 1. The minimum atomic E-state index is -0.460. The highest BCUT2D eigenvalue weighted by Crippen LogP contribution is 2.31. The number of ether oxygens (including phenoxy) is 2. The van der Waals surface area contributed by atoms with Crippen molar-refractivity contribution in [1.82, 2.24) is 5.43 Å². The molecule has 0 bridgehead atoms. The number of hydrogen-bond donors (Lipinski definition) is 2. The van der Waals surface area contributed by atoms with Crippen LogP contribution < -0.4 is 20.9 Å². The maximum absolute atomic E-state index is 11.9. The van der Waals surface area contributed by atoms with Crippen molar-refractivity contribution >= 4 is 11.6 Å². The monoisotopic (exact) mass is 265 g/mol. The molecule has 0 saturated carbocycles. The van der Waals surface area contributed by atoms with Crippen LogP contribution in [0.1, 0.15) is 6.42 Å². The fourth-order valence-corrected chi connectivity index (χ4v) is 2.24. The number of para-hydroxylation sites is 2. The van der Waals surface area contributed by atoms with Crippen LogP contribution in [0.25, 0.3) is 0 Å². The average molecular weight is 265 g/mol. The van der Waals surface area contributed by atoms with Crippen LogP contribution in [-0.2, 0) is 9.53 Å². The third-order valence-corrected chi connectivity index (χ3v) is 3.12. The van der Waals surface area contributed by atoms with Gasteiger partial charge in [0, 0.05) is 13.7 Å². The smallest absolute Gasteiger partial charge is 0.258 e. The average Bonchev–Trinajstić information content (AvgIpc) is 2.66. The van der Waals surface area contributed by atoms with E-state index in [0.717, 1.165) is 24.4 Å². The molecule has 1 aromatic rings. The number of amides is 1. The van der Waals surface area contributed by atoms with Crippen molar-refractivity contribution in [1.29, 1.82) is 0 Å². The van der Waals surface area contributed by atoms with Crippen molar-refractivity contribution in [2.45, 2.75) is 12.5 Å². The number of benzene rings is 1. The standard InChI is InChI=1S/C13H19N3O3/c1-18-9-11(13(17)15-14)16-7-4-8-19-12-6-3-2-5-10(12)16/h2-3,5-6,11H,4,7-9,14H2,1H3,(H,15,17). The SMILES string of the molecule is COCC(C(=O)NN)N1CCCOc2ccccc21. The van der Waals surface area contributed by atoms with Gasteiger partial charge in [0.15, 0.2) is 0 Å². The molecule has 0 radical (unpaired) electrons. The van der Waals surface area contributed by atoms with E-state index in [0.29, 0.717) is 6.61 Å². The fraction of sp³-hybridized carbons (Fsp3) is 0.462. The number of rotatable bonds is 4. The molecular weight excluding hydrogens is 246 g/mol. The zero-order valence-corrected chi connectivity index (χ0v) is 11.0. The van der Waals surface area contributed by atoms with Gasteiger partial charge in [-0.15, -0.1) is 0 Å². The zero-order valence-electron chi connectivity index (χ0n) is 11.0. The highest BCUT2D eigenvalue weighted by atomic mass is 16.5. The Kier molecular flexibility index (Phi) is 4.59. The molecule has 104 valence electrons. The van der Waals surface area contributed by atoms with Crippen molar-refractivity contribution < 1.29 is 14.3 Å². The summed E-state index contributed by atoms with van der Waals surface area (Å²) in [6.07, 6.45) is 0.840. The molecule has 0 spiro atoms. The highest BCUT2D eigenvalue weighted by Gasteiger charge is 2.28. The first-order chi connectivity index (χ1) is 9.27. The fourth-order valence-electron chi connectivity index (χ4n) is 2.24. The van der Waals surface area contributed by atoms with Crippen LogP contribution in [0.5, 0.6) is 5.75 Å². The van der Waals surface area contributed by atoms with E-state index in [1.54, 1.807) is 7.11 Å². The lowest BCUT2D eigenvalue weighted by Gasteiger charge is -2.31. The Hall–Kier alpha value is -1.79. The Morgan fingerprint density at radius 3 is 3.11 bits per heavy atom. The second-order valence-electron chi connectivity index (χ2n) is 4.34. The van der Waals surface area contributed by atoms with Crippen molar-refractivity contribution in [2.75, 3.05) is 31.8 Å². The Balaban J connectivity index is 2.33. The van der Waals surface area contributed by atoms with Gasteiger partial charge in [-0.1, -0.05) is 12.1 Å². The number of nitrogens with two attached hydrogens (primary N) is 1. The molecule has 1 aliphatic rings. The van der Waals surface area contributed by atoms with E-state index < -0.39 is 6.04 Å². The summed E-state index contributed by atoms with van der Waals surface area (Å²) in [7, 11) is 1.57. The van der Waals surface area contributed by atoms with Crippen LogP contribution in [-0.4, -0.2) is 38.8 Å². The minimum absolute atomic E-state index is 0.265. The van der Waals surface area contributed by atoms with Crippen molar-refractivity contribution in [3.05, 3.63) is 24.3 Å². The van der Waals surface area contributed by atoms with Crippen LogP contribution in [0.3, 0.4) is 0 Å². The lowest BCUT2D eigenvalue weighted by Crippen LogP contribution is -2.51. The third-order valence-electron chi connectivity index (χ3n) is 3.12. The van der Waals surface area contributed by atoms with Crippen molar-refractivity contribution in [3.8, 4) is 5.75 Å². The second-order valence-corrected chi connectivity index (χ2v) is 4.34. The van der Waals surface area contributed by atoms with Crippen molar-refractivity contribution in [3.63, 3.8) is 0 Å². The van der Waals surface area contributed by atoms with Gasteiger partial charge < -0.3 is 14.4 Å². The molecule has 6 heteroatoms. The first-order valence-corrected chi connectivity index (χ1v) is 6.25. The molecule has 1 atom stereocenters. The van der Waals surface area contributed by atoms with Crippen LogP contribution in [0.15, 0.2) is 24.3 Å². The van der Waals surface area contributed by atoms with E-state index in [1.165, 1.54) is 0 Å². The predicted molar refractivity (Wildman–Crippen MR) is 71.9 cm³/mol. The molecule has 0 aromatic heterocycles. The molecule has 6 nitrogen and oxygen atoms in total. The van der Waals surface area contributed by atoms with E-state index in [4.69, 9.17) is 15.3 Å². The van der Waals surface area contributed by atoms with Crippen LogP contribution in [0.2, 0.25) is 0 Å². The predicted octanol–water partition coefficient (Wildman–Crippen LogP) is 0.280. The summed E-state index contributed by atoms with van der Waals surface area (Å²) in [5.41, 5.74) is 3.09. The number of hydrazine groups is 1. The molecule has 1 heterocycles. The summed E-state index contributed by atoms with van der Waals surface area (Å²) >= 11 is 0. The van der Waals surface area contributed by atoms with Gasteiger partial charge in [-0.25, -0.2) is 5.84 Å². The van der Waals surface area contributed by atoms with Crippen LogP contribution in [0.4, 0.5) is 5.69 Å². The van der Waals surface area contributed by atoms with Gasteiger partial charge in [0.2, 0.25) is 0 Å². The third kappa shape index (κ3) is 2.97. The second kappa shape index (κ2) is 6.40. The van der Waals surface area contributed by atoms with E-state index in [9.17, 15) is 4.79 Å². The number of nitrogens with one attached hydrogen (secondary N) is 1. The van der Waals surface area contributed by atoms with Crippen LogP contribution in [0, 0.1) is 0 Å². The number of carbonyl (C=O) groups is 1. The maximum Gasteiger partial charge on any atom is 0.258 e. The molecule has 1 aromatic carbocycles. The number of nitrogens with zero attached hydrogens (tertiary/aromatic N) is 1. The highest BCUT2D eigenvalue weighted by molar-refractivity contribution is 5.85. The lowest BCUT2D eigenvalue weighted by atomic mass is 10.2. The topological polar surface area (TPSA) is 76.8 Å². The van der Waals surface area contributed by atoms with Gasteiger partial charge in [-0.3, -0.25) is 10.2 Å². The van der Waals surface area contributed by atoms with Gasteiger partial charge in [0.05, 0.1) is 18.9 Å². The Bertz CT molecular complexity index is 439. The molecular formula is C13H19N3O3. The van der Waals surface area contributed by atoms with Gasteiger partial charge in [0.1, 0.15) is 11.8 Å². The quantitative estimate of drug-likeness (QED) is 0.464. The molecule has 1 aliphatic heterocycles. The van der Waals surface area contributed by atoms with E-state index in [1.807, 2.05) is 29.2 Å². The molecule has 3 N–H and O–H groups in total. The largest absolute Gasteiger partial charge is 0.491 e. The summed E-state index contributed by atoms with van der Waals surface area (Å²) in [5, 5.41) is 0. The van der Waals surface area contributed by atoms with Crippen LogP contribution >= 0.6 is 0 Å². The normalized spacial score (nSPS) is 16.0. The van der Waals surface area contributed by atoms with Crippen molar-refractivity contribution in [2.24, 2.45) is 5.84 Å². The first-order valence-electron chi connectivity index (χ1n) is 6.25. The summed E-state index contributed by atoms with van der Waals surface area (Å²) in [6, 6.07) is 7.21. The number of carbonyl (C=O) groups excluding carboxylic acids is 1. The lowest BCUT2D eigenvalue weighted by molar-refractivity contribution is -0.123. The maximum atomic E-state index is 11.9. The van der Waals surface area contributed by atoms with E-state index in [2.05, 4.69) is 5.43 Å². The summed E-state index contributed by atoms with van der Waals surface area (Å²) in [6.45, 7) is 1.63.